The van der Waals surface area contributed by atoms with E-state index in [4.69, 9.17) is 4.55 Å². The summed E-state index contributed by atoms with van der Waals surface area (Å²) in [6.45, 7) is 0. The molecular weight excluding hydrogens is 206 g/mol. The van der Waals surface area contributed by atoms with E-state index in [-0.39, 0.29) is 48.8 Å². The van der Waals surface area contributed by atoms with Gasteiger partial charge in [0.15, 0.2) is 0 Å². The van der Waals surface area contributed by atoms with Gasteiger partial charge in [-0.3, -0.25) is 4.55 Å². The Balaban J connectivity index is 0. The maximum atomic E-state index is 10.4. The average Bonchev–Trinajstić information content (AvgIpc) is 1.88. The summed E-state index contributed by atoms with van der Waals surface area (Å²) >= 11 is 0. The van der Waals surface area contributed by atoms with Gasteiger partial charge in [-0.1, -0.05) is 18.2 Å². The van der Waals surface area contributed by atoms with Crippen LogP contribution in [-0.4, -0.2) is 50.7 Å². The molecule has 0 aliphatic carbocycles. The molecule has 0 fully saturated rings. The second-order valence-electron chi connectivity index (χ2n) is 1.79. The molecule has 1 rings (SSSR count). The third-order valence-electron chi connectivity index (χ3n) is 1.04. The van der Waals surface area contributed by atoms with Gasteiger partial charge in [-0.05, 0) is 12.1 Å². The topological polar surface area (TPSA) is 89.4 Å². The van der Waals surface area contributed by atoms with Gasteiger partial charge in [-0.15, -0.1) is 0 Å². The van der Waals surface area contributed by atoms with Crippen LogP contribution in [0.1, 0.15) is 0 Å². The SMILES string of the molecule is N.O=S(=O)(O)c1ccccc1.[CaH2]. The van der Waals surface area contributed by atoms with Crippen LogP contribution in [0.5, 0.6) is 0 Å². The molecule has 0 unspecified atom stereocenters. The van der Waals surface area contributed by atoms with Crippen LogP contribution in [0, 0.1) is 0 Å². The molecule has 66 valence electrons. The third-order valence-corrected chi connectivity index (χ3v) is 1.91. The predicted molar refractivity (Wildman–Crippen MR) is 49.8 cm³/mol. The molecule has 6 heteroatoms. The van der Waals surface area contributed by atoms with Crippen LogP contribution >= 0.6 is 0 Å². The van der Waals surface area contributed by atoms with E-state index >= 15 is 0 Å². The Labute approximate surface area is 101 Å². The van der Waals surface area contributed by atoms with Crippen molar-refractivity contribution >= 4 is 47.9 Å². The van der Waals surface area contributed by atoms with Crippen molar-refractivity contribution in [3.63, 3.8) is 0 Å². The first-order valence-corrected chi connectivity index (χ1v) is 4.07. The fourth-order valence-electron chi connectivity index (χ4n) is 0.592. The van der Waals surface area contributed by atoms with Gasteiger partial charge < -0.3 is 6.15 Å². The number of hydrogen-bond donors (Lipinski definition) is 2. The zero-order chi connectivity index (χ0) is 7.61. The molecule has 12 heavy (non-hydrogen) atoms. The molecule has 0 amide bonds. The monoisotopic (exact) mass is 217 g/mol. The van der Waals surface area contributed by atoms with Crippen molar-refractivity contribution in [3.8, 4) is 0 Å². The van der Waals surface area contributed by atoms with Crippen molar-refractivity contribution in [1.29, 1.82) is 0 Å². The first kappa shape index (κ1) is 14.9. The van der Waals surface area contributed by atoms with E-state index in [9.17, 15) is 8.42 Å². The minimum atomic E-state index is -4.00. The molecular formula is C6H11CaNO3S. The Morgan fingerprint density at radius 2 is 1.50 bits per heavy atom. The molecule has 0 aliphatic heterocycles. The summed E-state index contributed by atoms with van der Waals surface area (Å²) in [4.78, 5) is -0.0741. The zero-order valence-corrected chi connectivity index (χ0v) is 6.58. The second-order valence-corrected chi connectivity index (χ2v) is 3.21. The molecule has 0 aliphatic rings. The first-order chi connectivity index (χ1) is 4.61. The van der Waals surface area contributed by atoms with Gasteiger partial charge in [-0.2, -0.15) is 8.42 Å². The standard InChI is InChI=1S/C6H6O3S.Ca.H3N.2H/c7-10(8,9)6-4-2-1-3-5-6;;;;/h1-5H,(H,7,8,9);;1H3;;. The third kappa shape index (κ3) is 4.39. The average molecular weight is 217 g/mol. The van der Waals surface area contributed by atoms with Crippen LogP contribution in [0.4, 0.5) is 0 Å². The number of rotatable bonds is 1. The summed E-state index contributed by atoms with van der Waals surface area (Å²) in [5.74, 6) is 0. The first-order valence-electron chi connectivity index (χ1n) is 2.63. The van der Waals surface area contributed by atoms with Crippen LogP contribution in [0.25, 0.3) is 0 Å². The van der Waals surface area contributed by atoms with Crippen molar-refractivity contribution in [3.05, 3.63) is 30.3 Å². The summed E-state index contributed by atoms with van der Waals surface area (Å²) in [6, 6.07) is 7.42. The van der Waals surface area contributed by atoms with E-state index in [0.717, 1.165) is 0 Å². The molecule has 0 saturated heterocycles. The van der Waals surface area contributed by atoms with E-state index in [1.807, 2.05) is 0 Å². The van der Waals surface area contributed by atoms with Gasteiger partial charge in [0.05, 0.1) is 4.90 Å². The van der Waals surface area contributed by atoms with E-state index in [1.54, 1.807) is 18.2 Å². The predicted octanol–water partition coefficient (Wildman–Crippen LogP) is 0.179. The fourth-order valence-corrected chi connectivity index (χ4v) is 1.09. The van der Waals surface area contributed by atoms with E-state index in [1.165, 1.54) is 12.1 Å². The van der Waals surface area contributed by atoms with Gasteiger partial charge in [0, 0.05) is 0 Å². The molecule has 0 bridgehead atoms. The molecule has 0 radical (unpaired) electrons. The zero-order valence-electron chi connectivity index (χ0n) is 5.77. The fraction of sp³-hybridized carbons (Fsp3) is 0. The van der Waals surface area contributed by atoms with E-state index in [0.29, 0.717) is 0 Å². The number of benzene rings is 1. The van der Waals surface area contributed by atoms with E-state index in [2.05, 4.69) is 0 Å². The van der Waals surface area contributed by atoms with Gasteiger partial charge >= 0.3 is 37.7 Å². The van der Waals surface area contributed by atoms with Gasteiger partial charge in [0.2, 0.25) is 0 Å². The molecule has 4 nitrogen and oxygen atoms in total. The van der Waals surface area contributed by atoms with Crippen molar-refractivity contribution in [1.82, 2.24) is 6.15 Å². The Morgan fingerprint density at radius 1 is 1.08 bits per heavy atom. The summed E-state index contributed by atoms with van der Waals surface area (Å²) in [5.41, 5.74) is 0. The summed E-state index contributed by atoms with van der Waals surface area (Å²) in [7, 11) is -4.00. The van der Waals surface area contributed by atoms with Crippen molar-refractivity contribution in [2.45, 2.75) is 4.90 Å². The van der Waals surface area contributed by atoms with Crippen molar-refractivity contribution < 1.29 is 13.0 Å². The van der Waals surface area contributed by atoms with Crippen LogP contribution in [0.3, 0.4) is 0 Å². The molecule has 1 aromatic rings. The summed E-state index contributed by atoms with van der Waals surface area (Å²) in [5, 5.41) is 0. The van der Waals surface area contributed by atoms with Gasteiger partial charge in [0.25, 0.3) is 10.1 Å². The van der Waals surface area contributed by atoms with Crippen LogP contribution < -0.4 is 6.15 Å². The second kappa shape index (κ2) is 5.90. The summed E-state index contributed by atoms with van der Waals surface area (Å²) < 4.78 is 29.2. The normalized spacial score (nSPS) is 9.42. The number of hydrogen-bond acceptors (Lipinski definition) is 3. The molecule has 0 heterocycles. The van der Waals surface area contributed by atoms with Gasteiger partial charge in [-0.25, -0.2) is 0 Å². The quantitative estimate of drug-likeness (QED) is 0.518. The Kier molecular flexibility index (Phi) is 7.31. The molecule has 4 N–H and O–H groups in total. The van der Waals surface area contributed by atoms with Crippen molar-refractivity contribution in [2.75, 3.05) is 0 Å². The van der Waals surface area contributed by atoms with Crippen LogP contribution in [-0.2, 0) is 10.1 Å². The van der Waals surface area contributed by atoms with Gasteiger partial charge in [0.1, 0.15) is 0 Å². The summed E-state index contributed by atoms with van der Waals surface area (Å²) in [6.07, 6.45) is 0. The molecule has 1 aromatic carbocycles. The van der Waals surface area contributed by atoms with Crippen LogP contribution in [0.2, 0.25) is 0 Å². The molecule has 0 atom stereocenters. The molecule has 0 saturated carbocycles. The van der Waals surface area contributed by atoms with Crippen molar-refractivity contribution in [2.24, 2.45) is 0 Å². The minimum absolute atomic E-state index is 0. The molecule has 0 aromatic heterocycles. The Morgan fingerprint density at radius 3 is 1.75 bits per heavy atom. The molecule has 0 spiro atoms. The van der Waals surface area contributed by atoms with E-state index < -0.39 is 10.1 Å². The Hall–Kier alpha value is 0.350. The van der Waals surface area contributed by atoms with Crippen LogP contribution in [0.15, 0.2) is 35.2 Å². The Bertz CT molecular complexity index is 311. The maximum absolute atomic E-state index is 10.4.